The van der Waals surface area contributed by atoms with Gasteiger partial charge in [0.2, 0.25) is 11.8 Å². The number of hydrogen-bond donors (Lipinski definition) is 2. The van der Waals surface area contributed by atoms with E-state index < -0.39 is 5.91 Å². The number of aromatic nitrogens is 2. The number of primary amides is 1. The van der Waals surface area contributed by atoms with E-state index in [9.17, 15) is 4.79 Å². The average Bonchev–Trinajstić information content (AvgIpc) is 3.00. The van der Waals surface area contributed by atoms with Gasteiger partial charge < -0.3 is 15.8 Å². The molecule has 3 rings (SSSR count). The molecule has 3 N–H and O–H groups in total. The predicted molar refractivity (Wildman–Crippen MR) is 93.4 cm³/mol. The standard InChI is InChI=1S/C17H16N4O2S/c1-11-21-14(10-24-11)9-19-13-5-6-16(20-8-13)23-15-4-2-3-12(7-15)17(18)22/h2-8,10,19H,9H2,1H3,(H2,18,22). The van der Waals surface area contributed by atoms with Crippen molar-refractivity contribution in [1.82, 2.24) is 9.97 Å². The van der Waals surface area contributed by atoms with Crippen LogP contribution >= 0.6 is 11.3 Å². The molecule has 0 saturated heterocycles. The number of benzene rings is 1. The minimum Gasteiger partial charge on any atom is -0.439 e. The van der Waals surface area contributed by atoms with Gasteiger partial charge >= 0.3 is 0 Å². The van der Waals surface area contributed by atoms with Crippen LogP contribution in [0.15, 0.2) is 48.0 Å². The second kappa shape index (κ2) is 7.10. The first-order chi connectivity index (χ1) is 11.6. The third-order valence-corrected chi connectivity index (χ3v) is 4.04. The highest BCUT2D eigenvalue weighted by Crippen LogP contribution is 2.21. The van der Waals surface area contributed by atoms with Crippen LogP contribution in [0.1, 0.15) is 21.1 Å². The van der Waals surface area contributed by atoms with Gasteiger partial charge in [0, 0.05) is 17.0 Å². The first-order valence-electron chi connectivity index (χ1n) is 7.29. The molecular weight excluding hydrogens is 324 g/mol. The molecule has 3 aromatic rings. The number of nitrogens with zero attached hydrogens (tertiary/aromatic N) is 2. The highest BCUT2D eigenvalue weighted by Gasteiger charge is 2.04. The van der Waals surface area contributed by atoms with Crippen LogP contribution in [0.25, 0.3) is 0 Å². The van der Waals surface area contributed by atoms with Crippen molar-refractivity contribution in [3.63, 3.8) is 0 Å². The lowest BCUT2D eigenvalue weighted by atomic mass is 10.2. The molecule has 1 aromatic carbocycles. The summed E-state index contributed by atoms with van der Waals surface area (Å²) in [6.07, 6.45) is 1.69. The number of ether oxygens (including phenoxy) is 1. The second-order valence-corrected chi connectivity index (χ2v) is 6.15. The van der Waals surface area contributed by atoms with Crippen LogP contribution in [0.2, 0.25) is 0 Å². The van der Waals surface area contributed by atoms with Gasteiger partial charge in [-0.3, -0.25) is 4.79 Å². The van der Waals surface area contributed by atoms with E-state index in [0.717, 1.165) is 16.4 Å². The molecule has 0 aliphatic rings. The summed E-state index contributed by atoms with van der Waals surface area (Å²) in [5, 5.41) is 6.33. The number of carbonyl (C=O) groups excluding carboxylic acids is 1. The zero-order valence-corrected chi connectivity index (χ0v) is 13.8. The van der Waals surface area contributed by atoms with Gasteiger partial charge in [-0.15, -0.1) is 11.3 Å². The van der Waals surface area contributed by atoms with Gasteiger partial charge in [-0.25, -0.2) is 9.97 Å². The molecule has 0 aliphatic heterocycles. The molecule has 2 aromatic heterocycles. The quantitative estimate of drug-likeness (QED) is 0.718. The van der Waals surface area contributed by atoms with Crippen LogP contribution in [0.4, 0.5) is 5.69 Å². The van der Waals surface area contributed by atoms with Crippen molar-refractivity contribution >= 4 is 22.9 Å². The third-order valence-electron chi connectivity index (χ3n) is 3.22. The summed E-state index contributed by atoms with van der Waals surface area (Å²) in [6.45, 7) is 2.63. The minimum absolute atomic E-state index is 0.393. The summed E-state index contributed by atoms with van der Waals surface area (Å²) in [5.41, 5.74) is 7.52. The summed E-state index contributed by atoms with van der Waals surface area (Å²) in [7, 11) is 0. The molecule has 6 nitrogen and oxygen atoms in total. The maximum absolute atomic E-state index is 11.2. The summed E-state index contributed by atoms with van der Waals surface area (Å²) >= 11 is 1.63. The fraction of sp³-hybridized carbons (Fsp3) is 0.118. The zero-order valence-electron chi connectivity index (χ0n) is 13.0. The lowest BCUT2D eigenvalue weighted by Crippen LogP contribution is -2.10. The molecular formula is C17H16N4O2S. The molecule has 0 radical (unpaired) electrons. The van der Waals surface area contributed by atoms with Crippen molar-refractivity contribution in [2.24, 2.45) is 5.73 Å². The number of anilines is 1. The van der Waals surface area contributed by atoms with E-state index in [-0.39, 0.29) is 0 Å². The Balaban J connectivity index is 1.62. The molecule has 0 fully saturated rings. The highest BCUT2D eigenvalue weighted by atomic mass is 32.1. The molecule has 0 aliphatic carbocycles. The summed E-state index contributed by atoms with van der Waals surface area (Å²) < 4.78 is 5.63. The first-order valence-corrected chi connectivity index (χ1v) is 8.17. The number of nitrogens with two attached hydrogens (primary N) is 1. The maximum atomic E-state index is 11.2. The molecule has 0 saturated carbocycles. The van der Waals surface area contributed by atoms with Crippen molar-refractivity contribution in [2.45, 2.75) is 13.5 Å². The predicted octanol–water partition coefficient (Wildman–Crippen LogP) is 3.35. The normalized spacial score (nSPS) is 10.4. The van der Waals surface area contributed by atoms with Crippen LogP contribution in [0.5, 0.6) is 11.6 Å². The van der Waals surface area contributed by atoms with Crippen LogP contribution in [0.3, 0.4) is 0 Å². The van der Waals surface area contributed by atoms with Crippen LogP contribution in [0, 0.1) is 6.92 Å². The van der Waals surface area contributed by atoms with E-state index in [2.05, 4.69) is 15.3 Å². The number of thiazole rings is 1. The number of pyridine rings is 1. The van der Waals surface area contributed by atoms with E-state index in [0.29, 0.717) is 23.7 Å². The van der Waals surface area contributed by atoms with Crippen LogP contribution in [-0.2, 0) is 6.54 Å². The lowest BCUT2D eigenvalue weighted by molar-refractivity contribution is 0.1000. The van der Waals surface area contributed by atoms with E-state index >= 15 is 0 Å². The molecule has 0 unspecified atom stereocenters. The van der Waals surface area contributed by atoms with E-state index in [1.807, 2.05) is 18.4 Å². The molecule has 2 heterocycles. The fourth-order valence-corrected chi connectivity index (χ4v) is 2.67. The van der Waals surface area contributed by atoms with Crippen LogP contribution < -0.4 is 15.8 Å². The number of carbonyl (C=O) groups is 1. The SMILES string of the molecule is Cc1nc(CNc2ccc(Oc3cccc(C(N)=O)c3)nc2)cs1. The molecule has 7 heteroatoms. The molecule has 0 bridgehead atoms. The highest BCUT2D eigenvalue weighted by molar-refractivity contribution is 7.09. The zero-order chi connectivity index (χ0) is 16.9. The molecule has 0 atom stereocenters. The molecule has 24 heavy (non-hydrogen) atoms. The summed E-state index contributed by atoms with van der Waals surface area (Å²) in [5.74, 6) is 0.453. The molecule has 1 amide bonds. The Kier molecular flexibility index (Phi) is 4.72. The Bertz CT molecular complexity index is 846. The number of nitrogens with one attached hydrogen (secondary N) is 1. The average molecular weight is 340 g/mol. The first kappa shape index (κ1) is 15.9. The van der Waals surface area contributed by atoms with Gasteiger partial charge in [-0.05, 0) is 31.2 Å². The Labute approximate surface area is 143 Å². The fourth-order valence-electron chi connectivity index (χ4n) is 2.06. The van der Waals surface area contributed by atoms with Crippen molar-refractivity contribution in [3.8, 4) is 11.6 Å². The topological polar surface area (TPSA) is 90.1 Å². The van der Waals surface area contributed by atoms with E-state index in [1.54, 1.807) is 47.9 Å². The van der Waals surface area contributed by atoms with Crippen molar-refractivity contribution in [1.29, 1.82) is 0 Å². The molecule has 122 valence electrons. The Morgan fingerprint density at radius 2 is 2.21 bits per heavy atom. The van der Waals surface area contributed by atoms with Gasteiger partial charge in [0.25, 0.3) is 0 Å². The Morgan fingerprint density at radius 1 is 1.33 bits per heavy atom. The summed E-state index contributed by atoms with van der Waals surface area (Å²) in [4.78, 5) is 19.8. The van der Waals surface area contributed by atoms with Crippen molar-refractivity contribution in [3.05, 3.63) is 64.2 Å². The van der Waals surface area contributed by atoms with Crippen molar-refractivity contribution in [2.75, 3.05) is 5.32 Å². The van der Waals surface area contributed by atoms with Gasteiger partial charge in [-0.1, -0.05) is 6.07 Å². The Hall–Kier alpha value is -2.93. The smallest absolute Gasteiger partial charge is 0.248 e. The maximum Gasteiger partial charge on any atom is 0.248 e. The number of rotatable bonds is 6. The van der Waals surface area contributed by atoms with Gasteiger partial charge in [0.05, 0.1) is 29.1 Å². The Morgan fingerprint density at radius 3 is 2.88 bits per heavy atom. The lowest BCUT2D eigenvalue weighted by Gasteiger charge is -2.07. The minimum atomic E-state index is -0.495. The van der Waals surface area contributed by atoms with Gasteiger partial charge in [-0.2, -0.15) is 0 Å². The number of hydrogen-bond acceptors (Lipinski definition) is 6. The van der Waals surface area contributed by atoms with Gasteiger partial charge in [0.1, 0.15) is 5.75 Å². The summed E-state index contributed by atoms with van der Waals surface area (Å²) in [6, 6.07) is 10.3. The van der Waals surface area contributed by atoms with Gasteiger partial charge in [0.15, 0.2) is 0 Å². The largest absolute Gasteiger partial charge is 0.439 e. The van der Waals surface area contributed by atoms with Crippen molar-refractivity contribution < 1.29 is 9.53 Å². The van der Waals surface area contributed by atoms with E-state index in [4.69, 9.17) is 10.5 Å². The van der Waals surface area contributed by atoms with E-state index in [1.165, 1.54) is 0 Å². The molecule has 0 spiro atoms. The second-order valence-electron chi connectivity index (χ2n) is 5.09. The van der Waals surface area contributed by atoms with Crippen LogP contribution in [-0.4, -0.2) is 15.9 Å². The number of amides is 1. The monoisotopic (exact) mass is 340 g/mol. The number of aryl methyl sites for hydroxylation is 1. The third kappa shape index (κ3) is 4.08.